The third-order valence-corrected chi connectivity index (χ3v) is 3.63. The molecule has 0 aliphatic heterocycles. The van der Waals surface area contributed by atoms with Gasteiger partial charge in [-0.2, -0.15) is 0 Å². The quantitative estimate of drug-likeness (QED) is 0.633. The zero-order valence-electron chi connectivity index (χ0n) is 11.0. The van der Waals surface area contributed by atoms with E-state index in [1.54, 1.807) is 14.2 Å². The lowest BCUT2D eigenvalue weighted by Crippen LogP contribution is -2.60. The number of nitrogens with two attached hydrogens (primary N) is 1. The third-order valence-electron chi connectivity index (χ3n) is 3.63. The number of methoxy groups -OCH3 is 2. The molecule has 0 amide bonds. The zero-order valence-corrected chi connectivity index (χ0v) is 11.0. The van der Waals surface area contributed by atoms with Crippen molar-refractivity contribution in [1.29, 1.82) is 0 Å². The van der Waals surface area contributed by atoms with Gasteiger partial charge in [0, 0.05) is 27.3 Å². The van der Waals surface area contributed by atoms with Crippen LogP contribution < -0.4 is 5.73 Å². The molecule has 16 heavy (non-hydrogen) atoms. The molecule has 2 N–H and O–H groups in total. The van der Waals surface area contributed by atoms with Crippen molar-refractivity contribution >= 4 is 0 Å². The predicted octanol–water partition coefficient (Wildman–Crippen LogP) is 1.05. The number of nitrogens with zero attached hydrogens (tertiary/aromatic N) is 1. The Morgan fingerprint density at radius 3 is 2.25 bits per heavy atom. The first-order chi connectivity index (χ1) is 7.62. The molecule has 1 aliphatic rings. The highest BCUT2D eigenvalue weighted by Gasteiger charge is 2.40. The van der Waals surface area contributed by atoms with Crippen molar-refractivity contribution in [3.05, 3.63) is 0 Å². The molecule has 1 saturated carbocycles. The molecule has 4 heteroatoms. The van der Waals surface area contributed by atoms with Crippen LogP contribution >= 0.6 is 0 Å². The monoisotopic (exact) mass is 230 g/mol. The molecule has 1 atom stereocenters. The van der Waals surface area contributed by atoms with Crippen LogP contribution in [0, 0.1) is 5.92 Å². The Balaban J connectivity index is 2.71. The smallest absolute Gasteiger partial charge is 0.176 e. The Bertz CT molecular complexity index is 205. The fourth-order valence-corrected chi connectivity index (χ4v) is 2.29. The third kappa shape index (κ3) is 2.94. The van der Waals surface area contributed by atoms with E-state index in [2.05, 4.69) is 18.7 Å². The average Bonchev–Trinajstić information content (AvgIpc) is 3.10. The zero-order chi connectivity index (χ0) is 12.2. The molecule has 96 valence electrons. The minimum Gasteiger partial charge on any atom is -0.354 e. The van der Waals surface area contributed by atoms with Gasteiger partial charge in [0.05, 0.1) is 5.54 Å². The van der Waals surface area contributed by atoms with Crippen LogP contribution in [0.25, 0.3) is 0 Å². The largest absolute Gasteiger partial charge is 0.354 e. The molecule has 0 saturated heterocycles. The second-order valence-electron chi connectivity index (χ2n) is 4.85. The number of hydrogen-bond acceptors (Lipinski definition) is 4. The summed E-state index contributed by atoms with van der Waals surface area (Å²) in [5.41, 5.74) is 5.69. The van der Waals surface area contributed by atoms with Crippen LogP contribution in [0.15, 0.2) is 0 Å². The Labute approximate surface area is 99.1 Å². The summed E-state index contributed by atoms with van der Waals surface area (Å²) in [6, 6.07) is 0. The first-order valence-electron chi connectivity index (χ1n) is 6.13. The predicted molar refractivity (Wildman–Crippen MR) is 65.2 cm³/mol. The van der Waals surface area contributed by atoms with Gasteiger partial charge in [0.1, 0.15) is 0 Å². The minimum absolute atomic E-state index is 0.235. The topological polar surface area (TPSA) is 47.7 Å². The molecule has 1 aliphatic carbocycles. The van der Waals surface area contributed by atoms with E-state index in [1.165, 1.54) is 12.8 Å². The second-order valence-corrected chi connectivity index (χ2v) is 4.85. The normalized spacial score (nSPS) is 20.4. The highest BCUT2D eigenvalue weighted by molar-refractivity contribution is 4.93. The highest BCUT2D eigenvalue weighted by Crippen LogP contribution is 2.33. The van der Waals surface area contributed by atoms with Crippen molar-refractivity contribution in [2.24, 2.45) is 11.7 Å². The molecule has 1 rings (SSSR count). The summed E-state index contributed by atoms with van der Waals surface area (Å²) in [6.45, 7) is 6.91. The Hall–Kier alpha value is -0.160. The van der Waals surface area contributed by atoms with Crippen molar-refractivity contribution in [1.82, 2.24) is 4.90 Å². The summed E-state index contributed by atoms with van der Waals surface area (Å²) in [4.78, 5) is 2.39. The molecule has 0 bridgehead atoms. The maximum atomic E-state index is 5.93. The maximum absolute atomic E-state index is 5.93. The number of rotatable bonds is 8. The molecular weight excluding hydrogens is 204 g/mol. The molecule has 0 heterocycles. The van der Waals surface area contributed by atoms with Crippen molar-refractivity contribution < 1.29 is 9.47 Å². The van der Waals surface area contributed by atoms with E-state index >= 15 is 0 Å². The maximum Gasteiger partial charge on any atom is 0.176 e. The van der Waals surface area contributed by atoms with Gasteiger partial charge < -0.3 is 15.2 Å². The van der Waals surface area contributed by atoms with Gasteiger partial charge in [-0.15, -0.1) is 0 Å². The van der Waals surface area contributed by atoms with Gasteiger partial charge in [0.2, 0.25) is 0 Å². The molecule has 0 aromatic carbocycles. The van der Waals surface area contributed by atoms with Gasteiger partial charge in [0.25, 0.3) is 0 Å². The summed E-state index contributed by atoms with van der Waals surface area (Å²) >= 11 is 0. The van der Waals surface area contributed by atoms with Crippen LogP contribution in [-0.4, -0.2) is 50.6 Å². The van der Waals surface area contributed by atoms with Crippen LogP contribution in [0.3, 0.4) is 0 Å². The van der Waals surface area contributed by atoms with E-state index < -0.39 is 0 Å². The van der Waals surface area contributed by atoms with Crippen LogP contribution in [-0.2, 0) is 9.47 Å². The summed E-state index contributed by atoms with van der Waals surface area (Å²) in [6.07, 6.45) is 2.43. The molecule has 1 unspecified atom stereocenters. The van der Waals surface area contributed by atoms with Gasteiger partial charge in [-0.05, 0) is 32.2 Å². The van der Waals surface area contributed by atoms with Crippen molar-refractivity contribution in [3.63, 3.8) is 0 Å². The van der Waals surface area contributed by atoms with E-state index in [0.29, 0.717) is 6.54 Å². The van der Waals surface area contributed by atoms with E-state index in [1.807, 2.05) is 0 Å². The molecule has 0 spiro atoms. The van der Waals surface area contributed by atoms with Gasteiger partial charge >= 0.3 is 0 Å². The van der Waals surface area contributed by atoms with E-state index in [4.69, 9.17) is 15.2 Å². The van der Waals surface area contributed by atoms with Gasteiger partial charge in [-0.1, -0.05) is 6.92 Å². The van der Waals surface area contributed by atoms with Crippen molar-refractivity contribution in [2.75, 3.05) is 33.9 Å². The van der Waals surface area contributed by atoms with Crippen LogP contribution in [0.5, 0.6) is 0 Å². The lowest BCUT2D eigenvalue weighted by atomic mass is 9.98. The Morgan fingerprint density at radius 1 is 1.38 bits per heavy atom. The average molecular weight is 230 g/mol. The van der Waals surface area contributed by atoms with E-state index in [-0.39, 0.29) is 11.8 Å². The summed E-state index contributed by atoms with van der Waals surface area (Å²) in [7, 11) is 3.35. The lowest BCUT2D eigenvalue weighted by Gasteiger charge is -2.44. The molecule has 0 aromatic heterocycles. The lowest BCUT2D eigenvalue weighted by molar-refractivity contribution is -0.181. The van der Waals surface area contributed by atoms with E-state index in [9.17, 15) is 0 Å². The van der Waals surface area contributed by atoms with Crippen molar-refractivity contribution in [3.8, 4) is 0 Å². The summed E-state index contributed by atoms with van der Waals surface area (Å²) in [5.74, 6) is 0.847. The molecule has 0 aromatic rings. The SMILES string of the molecule is CCN(CC1CC1)C(C)(CN)C(OC)OC. The highest BCUT2D eigenvalue weighted by atomic mass is 16.7. The summed E-state index contributed by atoms with van der Waals surface area (Å²) < 4.78 is 10.8. The Kier molecular flexibility index (Phi) is 5.18. The molecule has 1 fully saturated rings. The molecular formula is C12H26N2O2. The first-order valence-corrected chi connectivity index (χ1v) is 6.13. The first kappa shape index (κ1) is 13.9. The fourth-order valence-electron chi connectivity index (χ4n) is 2.29. The standard InChI is InChI=1S/C12H26N2O2/c1-5-14(8-10-6-7-10)12(2,9-13)11(15-3)16-4/h10-11H,5-9,13H2,1-4H3. The summed E-state index contributed by atoms with van der Waals surface area (Å²) in [5, 5.41) is 0. The van der Waals surface area contributed by atoms with Crippen molar-refractivity contribution in [2.45, 2.75) is 38.5 Å². The van der Waals surface area contributed by atoms with Gasteiger partial charge in [-0.25, -0.2) is 0 Å². The van der Waals surface area contributed by atoms with Crippen LogP contribution in [0.4, 0.5) is 0 Å². The number of hydrogen-bond donors (Lipinski definition) is 1. The fraction of sp³-hybridized carbons (Fsp3) is 1.00. The number of likely N-dealkylation sites (N-methyl/N-ethyl adjacent to an activating group) is 1. The number of ether oxygens (including phenoxy) is 2. The van der Waals surface area contributed by atoms with Gasteiger partial charge in [-0.3, -0.25) is 4.90 Å². The minimum atomic E-state index is -0.267. The van der Waals surface area contributed by atoms with Crippen LogP contribution in [0.2, 0.25) is 0 Å². The van der Waals surface area contributed by atoms with Crippen LogP contribution in [0.1, 0.15) is 26.7 Å². The Morgan fingerprint density at radius 2 is 1.94 bits per heavy atom. The van der Waals surface area contributed by atoms with Gasteiger partial charge in [0.15, 0.2) is 6.29 Å². The second kappa shape index (κ2) is 5.96. The van der Waals surface area contributed by atoms with E-state index in [0.717, 1.165) is 19.0 Å². The molecule has 0 radical (unpaired) electrons. The molecule has 4 nitrogen and oxygen atoms in total.